The maximum absolute atomic E-state index is 13.1. The number of sulfonamides is 2. The molecule has 0 saturated carbocycles. The van der Waals surface area contributed by atoms with Crippen LogP contribution in [0.25, 0.3) is 0 Å². The maximum atomic E-state index is 13.1. The van der Waals surface area contributed by atoms with Gasteiger partial charge in [-0.1, -0.05) is 23.7 Å². The predicted molar refractivity (Wildman–Crippen MR) is 126 cm³/mol. The Morgan fingerprint density at radius 1 is 0.727 bits per heavy atom. The number of hydrogen-bond donors (Lipinski definition) is 2. The number of rotatable bonds is 8. The monoisotopic (exact) mass is 530 g/mol. The SMILES string of the molecule is COc1ccc(S(C)(=O)=O)cc1S(=O)(=O)Nc1ccccc1NS(=O)(=O)c1ccc(Cl)cc1. The topological polar surface area (TPSA) is 136 Å². The van der Waals surface area contributed by atoms with E-state index < -0.39 is 34.8 Å². The van der Waals surface area contributed by atoms with Crippen LogP contribution in [0.1, 0.15) is 0 Å². The van der Waals surface area contributed by atoms with Crippen LogP contribution in [-0.4, -0.2) is 38.6 Å². The molecule has 0 aliphatic rings. The van der Waals surface area contributed by atoms with E-state index in [0.29, 0.717) is 5.02 Å². The fraction of sp³-hybridized carbons (Fsp3) is 0.100. The molecular weight excluding hydrogens is 512 g/mol. The molecule has 0 fully saturated rings. The molecule has 3 aromatic carbocycles. The van der Waals surface area contributed by atoms with Crippen molar-refractivity contribution in [2.75, 3.05) is 22.8 Å². The molecule has 33 heavy (non-hydrogen) atoms. The molecule has 0 radical (unpaired) electrons. The molecule has 0 spiro atoms. The number of halogens is 1. The summed E-state index contributed by atoms with van der Waals surface area (Å²) in [5, 5.41) is 0.354. The maximum Gasteiger partial charge on any atom is 0.265 e. The van der Waals surface area contributed by atoms with Crippen LogP contribution >= 0.6 is 11.6 Å². The molecule has 0 heterocycles. The number of hydrogen-bond acceptors (Lipinski definition) is 7. The van der Waals surface area contributed by atoms with Crippen LogP contribution in [0.4, 0.5) is 11.4 Å². The summed E-state index contributed by atoms with van der Waals surface area (Å²) in [7, 11) is -10.9. The summed E-state index contributed by atoms with van der Waals surface area (Å²) in [6, 6.07) is 14.6. The molecule has 3 aromatic rings. The number of para-hydroxylation sites is 2. The number of ether oxygens (including phenoxy) is 1. The minimum atomic E-state index is -4.38. The summed E-state index contributed by atoms with van der Waals surface area (Å²) in [5.74, 6) is -0.0888. The highest BCUT2D eigenvalue weighted by Crippen LogP contribution is 2.31. The Kier molecular flexibility index (Phi) is 6.93. The van der Waals surface area contributed by atoms with Crippen LogP contribution in [0.3, 0.4) is 0 Å². The van der Waals surface area contributed by atoms with Gasteiger partial charge in [-0.3, -0.25) is 9.44 Å². The lowest BCUT2D eigenvalue weighted by atomic mass is 10.3. The molecule has 0 bridgehead atoms. The lowest BCUT2D eigenvalue weighted by Crippen LogP contribution is -2.18. The van der Waals surface area contributed by atoms with Crippen molar-refractivity contribution in [1.82, 2.24) is 0 Å². The summed E-state index contributed by atoms with van der Waals surface area (Å²) >= 11 is 5.80. The number of sulfone groups is 1. The molecule has 0 atom stereocenters. The Hall–Kier alpha value is -2.80. The quantitative estimate of drug-likeness (QED) is 0.455. The first-order valence-electron chi connectivity index (χ1n) is 9.12. The third-order valence-corrected chi connectivity index (χ3v) is 8.52. The van der Waals surface area contributed by atoms with Crippen molar-refractivity contribution >= 4 is 52.9 Å². The smallest absolute Gasteiger partial charge is 0.265 e. The summed E-state index contributed by atoms with van der Waals surface area (Å²) in [5.41, 5.74) is -0.129. The van der Waals surface area contributed by atoms with Crippen LogP contribution in [-0.2, 0) is 29.9 Å². The zero-order chi connectivity index (χ0) is 24.4. The van der Waals surface area contributed by atoms with E-state index in [9.17, 15) is 25.3 Å². The van der Waals surface area contributed by atoms with Gasteiger partial charge in [-0.2, -0.15) is 0 Å². The molecule has 0 aliphatic carbocycles. The average molecular weight is 531 g/mol. The van der Waals surface area contributed by atoms with Crippen LogP contribution < -0.4 is 14.2 Å². The van der Waals surface area contributed by atoms with Gasteiger partial charge in [0.1, 0.15) is 10.6 Å². The van der Waals surface area contributed by atoms with Crippen LogP contribution in [0, 0.1) is 0 Å². The van der Waals surface area contributed by atoms with Gasteiger partial charge < -0.3 is 4.74 Å². The molecule has 3 rings (SSSR count). The van der Waals surface area contributed by atoms with Gasteiger partial charge in [-0.25, -0.2) is 25.3 Å². The van der Waals surface area contributed by atoms with Gasteiger partial charge in [0.2, 0.25) is 0 Å². The fourth-order valence-electron chi connectivity index (χ4n) is 2.78. The molecule has 0 saturated heterocycles. The molecule has 9 nitrogen and oxygen atoms in total. The van der Waals surface area contributed by atoms with Crippen LogP contribution in [0.15, 0.2) is 81.4 Å². The molecule has 0 amide bonds. The lowest BCUT2D eigenvalue weighted by molar-refractivity contribution is 0.402. The number of benzene rings is 3. The first-order chi connectivity index (χ1) is 15.3. The highest BCUT2D eigenvalue weighted by atomic mass is 35.5. The van der Waals surface area contributed by atoms with Crippen LogP contribution in [0.5, 0.6) is 5.75 Å². The summed E-state index contributed by atoms with van der Waals surface area (Å²) in [6.07, 6.45) is 0.944. The Labute approximate surface area is 197 Å². The second kappa shape index (κ2) is 9.21. The zero-order valence-corrected chi connectivity index (χ0v) is 20.5. The van der Waals surface area contributed by atoms with Crippen LogP contribution in [0.2, 0.25) is 5.02 Å². The summed E-state index contributed by atoms with van der Waals surface area (Å²) < 4.78 is 85.2. The van der Waals surface area contributed by atoms with Gasteiger partial charge in [0.25, 0.3) is 20.0 Å². The van der Waals surface area contributed by atoms with Crippen molar-refractivity contribution in [2.45, 2.75) is 14.7 Å². The summed E-state index contributed by atoms with van der Waals surface area (Å²) in [6.45, 7) is 0. The molecule has 176 valence electrons. The number of nitrogens with one attached hydrogen (secondary N) is 2. The third kappa shape index (κ3) is 5.77. The summed E-state index contributed by atoms with van der Waals surface area (Å²) in [4.78, 5) is -0.726. The van der Waals surface area contributed by atoms with Crippen molar-refractivity contribution in [1.29, 1.82) is 0 Å². The van der Waals surface area contributed by atoms with E-state index in [2.05, 4.69) is 9.44 Å². The van der Waals surface area contributed by atoms with Gasteiger partial charge in [0.05, 0.1) is 28.3 Å². The number of methoxy groups -OCH3 is 1. The Morgan fingerprint density at radius 3 is 1.76 bits per heavy atom. The normalized spacial score (nSPS) is 12.2. The highest BCUT2D eigenvalue weighted by molar-refractivity contribution is 7.93. The Balaban J connectivity index is 2.01. The molecule has 2 N–H and O–H groups in total. The van der Waals surface area contributed by atoms with Gasteiger partial charge in [-0.15, -0.1) is 0 Å². The predicted octanol–water partition coefficient (Wildman–Crippen LogP) is 3.35. The second-order valence-electron chi connectivity index (χ2n) is 6.80. The van der Waals surface area contributed by atoms with Crippen molar-refractivity contribution in [2.24, 2.45) is 0 Å². The largest absolute Gasteiger partial charge is 0.495 e. The van der Waals surface area contributed by atoms with E-state index in [0.717, 1.165) is 12.3 Å². The van der Waals surface area contributed by atoms with Crippen molar-refractivity contribution in [3.63, 3.8) is 0 Å². The first kappa shape index (κ1) is 24.8. The van der Waals surface area contributed by atoms with E-state index in [1.165, 1.54) is 67.8 Å². The minimum Gasteiger partial charge on any atom is -0.495 e. The van der Waals surface area contributed by atoms with Crippen molar-refractivity contribution in [3.05, 3.63) is 71.8 Å². The third-order valence-electron chi connectivity index (χ3n) is 4.39. The fourth-order valence-corrected chi connectivity index (χ4v) is 5.98. The van der Waals surface area contributed by atoms with Gasteiger partial charge in [0.15, 0.2) is 9.84 Å². The van der Waals surface area contributed by atoms with E-state index in [1.54, 1.807) is 0 Å². The average Bonchev–Trinajstić information content (AvgIpc) is 2.74. The molecule has 0 unspecified atom stereocenters. The Morgan fingerprint density at radius 2 is 1.24 bits per heavy atom. The molecule has 0 aliphatic heterocycles. The first-order valence-corrected chi connectivity index (χ1v) is 14.4. The standard InChI is InChI=1S/C20H19ClN2O7S3/c1-30-19-12-11-16(31(2,24)25)13-20(19)33(28,29)23-18-6-4-3-5-17(18)22-32(26,27)15-9-7-14(21)8-10-15/h3-13,22-23H,1-2H3. The molecule has 0 aromatic heterocycles. The van der Waals surface area contributed by atoms with E-state index >= 15 is 0 Å². The van der Waals surface area contributed by atoms with Crippen molar-refractivity contribution in [3.8, 4) is 5.75 Å². The van der Waals surface area contributed by atoms with Crippen molar-refractivity contribution < 1.29 is 30.0 Å². The molecule has 13 heteroatoms. The second-order valence-corrected chi connectivity index (χ2v) is 12.6. The highest BCUT2D eigenvalue weighted by Gasteiger charge is 2.24. The zero-order valence-electron chi connectivity index (χ0n) is 17.3. The van der Waals surface area contributed by atoms with E-state index in [-0.39, 0.29) is 26.9 Å². The number of anilines is 2. The Bertz CT molecular complexity index is 1500. The van der Waals surface area contributed by atoms with E-state index in [1.807, 2.05) is 0 Å². The van der Waals surface area contributed by atoms with Gasteiger partial charge >= 0.3 is 0 Å². The molecular formula is C20H19ClN2O7S3. The van der Waals surface area contributed by atoms with E-state index in [4.69, 9.17) is 16.3 Å². The lowest BCUT2D eigenvalue weighted by Gasteiger charge is -2.16. The minimum absolute atomic E-state index is 0.0470. The van der Waals surface area contributed by atoms with Gasteiger partial charge in [-0.05, 0) is 54.6 Å². The van der Waals surface area contributed by atoms with Gasteiger partial charge in [0, 0.05) is 11.3 Å².